The van der Waals surface area contributed by atoms with Crippen LogP contribution in [-0.2, 0) is 16.0 Å². The lowest BCUT2D eigenvalue weighted by molar-refractivity contribution is -0.136. The summed E-state index contributed by atoms with van der Waals surface area (Å²) in [6.07, 6.45) is 3.89. The number of alkyl carbamates (subject to hydrolysis) is 1. The Morgan fingerprint density at radius 3 is 2.32 bits per heavy atom. The van der Waals surface area contributed by atoms with Crippen LogP contribution in [-0.4, -0.2) is 37.4 Å². The molecule has 3 aromatic carbocycles. The number of methoxy groups -OCH3 is 1. The van der Waals surface area contributed by atoms with E-state index >= 15 is 0 Å². The third kappa shape index (κ3) is 5.29. The molecule has 1 aliphatic rings. The van der Waals surface area contributed by atoms with Crippen LogP contribution in [0.4, 0.5) is 4.79 Å². The highest BCUT2D eigenvalue weighted by atomic mass is 16.5. The van der Waals surface area contributed by atoms with Gasteiger partial charge in [0.1, 0.15) is 12.4 Å². The molecule has 0 fully saturated rings. The molecule has 0 radical (unpaired) electrons. The molecule has 1 aliphatic carbocycles. The summed E-state index contributed by atoms with van der Waals surface area (Å²) >= 11 is 0. The van der Waals surface area contributed by atoms with Crippen LogP contribution in [0.3, 0.4) is 0 Å². The van der Waals surface area contributed by atoms with Crippen molar-refractivity contribution in [2.24, 2.45) is 0 Å². The zero-order chi connectivity index (χ0) is 23.9. The quantitative estimate of drug-likeness (QED) is 0.428. The van der Waals surface area contributed by atoms with Crippen molar-refractivity contribution in [1.29, 1.82) is 0 Å². The van der Waals surface area contributed by atoms with Crippen molar-refractivity contribution in [2.75, 3.05) is 20.3 Å². The molecule has 0 atom stereocenters. The molecule has 0 aliphatic heterocycles. The van der Waals surface area contributed by atoms with E-state index in [1.165, 1.54) is 29.4 Å². The van der Waals surface area contributed by atoms with E-state index in [-0.39, 0.29) is 18.9 Å². The third-order valence-corrected chi connectivity index (χ3v) is 5.88. The molecule has 3 aromatic rings. The second kappa shape index (κ2) is 10.7. The second-order valence-electron chi connectivity index (χ2n) is 8.09. The minimum atomic E-state index is -0.910. The fourth-order valence-electron chi connectivity index (χ4n) is 4.33. The van der Waals surface area contributed by atoms with E-state index in [2.05, 4.69) is 29.6 Å². The van der Waals surface area contributed by atoms with E-state index in [0.29, 0.717) is 24.3 Å². The highest BCUT2D eigenvalue weighted by Crippen LogP contribution is 2.44. The Kier molecular flexibility index (Phi) is 7.28. The van der Waals surface area contributed by atoms with Crippen LogP contribution >= 0.6 is 0 Å². The largest absolute Gasteiger partial charge is 0.496 e. The highest BCUT2D eigenvalue weighted by Gasteiger charge is 2.28. The number of carbonyl (C=O) groups is 2. The number of rotatable bonds is 9. The van der Waals surface area contributed by atoms with Crippen LogP contribution in [0.2, 0.25) is 0 Å². The number of benzene rings is 3. The summed E-state index contributed by atoms with van der Waals surface area (Å²) in [5.41, 5.74) is 6.25. The maximum atomic E-state index is 12.2. The monoisotopic (exact) mass is 457 g/mol. The van der Waals surface area contributed by atoms with Gasteiger partial charge in [-0.25, -0.2) is 4.79 Å². The molecule has 0 unspecified atom stereocenters. The number of hydrogen-bond acceptors (Lipinski definition) is 4. The first-order chi connectivity index (χ1) is 16.6. The fraction of sp³-hybridized carbons (Fsp3) is 0.214. The van der Waals surface area contributed by atoms with Crippen LogP contribution in [0.15, 0.2) is 72.8 Å². The number of carbonyl (C=O) groups excluding carboxylic acids is 1. The topological polar surface area (TPSA) is 84.9 Å². The number of hydrogen-bond donors (Lipinski definition) is 2. The molecule has 4 rings (SSSR count). The van der Waals surface area contributed by atoms with E-state index < -0.39 is 12.1 Å². The first-order valence-corrected chi connectivity index (χ1v) is 11.2. The van der Waals surface area contributed by atoms with Crippen molar-refractivity contribution < 1.29 is 24.2 Å². The summed E-state index contributed by atoms with van der Waals surface area (Å²) in [7, 11) is 1.52. The Morgan fingerprint density at radius 2 is 1.68 bits per heavy atom. The summed E-state index contributed by atoms with van der Waals surface area (Å²) in [4.78, 5) is 23.3. The summed E-state index contributed by atoms with van der Waals surface area (Å²) in [6.45, 7) is 0.721. The molecule has 6 heteroatoms. The van der Waals surface area contributed by atoms with E-state index in [1.54, 1.807) is 12.1 Å². The van der Waals surface area contributed by atoms with Crippen molar-refractivity contribution in [3.05, 3.63) is 95.1 Å². The number of carboxylic acid groups (broad SMARTS) is 1. The van der Waals surface area contributed by atoms with Gasteiger partial charge in [-0.1, -0.05) is 66.7 Å². The molecular weight excluding hydrogens is 430 g/mol. The van der Waals surface area contributed by atoms with Crippen molar-refractivity contribution in [1.82, 2.24) is 5.32 Å². The van der Waals surface area contributed by atoms with Crippen molar-refractivity contribution in [3.63, 3.8) is 0 Å². The molecule has 0 saturated heterocycles. The average molecular weight is 458 g/mol. The third-order valence-electron chi connectivity index (χ3n) is 5.88. The Hall–Kier alpha value is -4.06. The molecule has 174 valence electrons. The molecule has 34 heavy (non-hydrogen) atoms. The smallest absolute Gasteiger partial charge is 0.407 e. The van der Waals surface area contributed by atoms with E-state index in [0.717, 1.165) is 5.56 Å². The molecule has 2 N–H and O–H groups in total. The minimum Gasteiger partial charge on any atom is -0.496 e. The van der Waals surface area contributed by atoms with Crippen molar-refractivity contribution in [2.45, 2.75) is 18.8 Å². The van der Waals surface area contributed by atoms with Crippen molar-refractivity contribution in [3.8, 4) is 16.9 Å². The highest BCUT2D eigenvalue weighted by molar-refractivity contribution is 5.79. The molecule has 0 saturated carbocycles. The van der Waals surface area contributed by atoms with Gasteiger partial charge in [-0.15, -0.1) is 0 Å². The van der Waals surface area contributed by atoms with Gasteiger partial charge < -0.3 is 19.9 Å². The van der Waals surface area contributed by atoms with Crippen LogP contribution < -0.4 is 10.1 Å². The van der Waals surface area contributed by atoms with Gasteiger partial charge in [-0.2, -0.15) is 0 Å². The Bertz CT molecular complexity index is 1170. The van der Waals surface area contributed by atoms with Crippen LogP contribution in [0.1, 0.15) is 34.6 Å². The zero-order valence-electron chi connectivity index (χ0n) is 19.0. The standard InChI is InChI=1S/C28H27NO5/c1-33-26-14-13-19(16-20(26)17-27(30)31)8-6-7-15-29-28(32)34-18-25-23-11-4-2-9-21(23)22-10-3-5-12-24(22)25/h2-6,8-14,16,25H,7,15,17-18H2,1H3,(H,29,32)(H,30,31). The molecule has 0 spiro atoms. The molecule has 0 bridgehead atoms. The number of carboxylic acids is 1. The lowest BCUT2D eigenvalue weighted by Gasteiger charge is -2.14. The van der Waals surface area contributed by atoms with Gasteiger partial charge in [0.05, 0.1) is 13.5 Å². The first-order valence-electron chi connectivity index (χ1n) is 11.2. The van der Waals surface area contributed by atoms with Gasteiger partial charge >= 0.3 is 12.1 Å². The van der Waals surface area contributed by atoms with Gasteiger partial charge in [0.2, 0.25) is 0 Å². The van der Waals surface area contributed by atoms with Gasteiger partial charge in [0.25, 0.3) is 0 Å². The Balaban J connectivity index is 1.26. The lowest BCUT2D eigenvalue weighted by Crippen LogP contribution is -2.26. The number of amides is 1. The van der Waals surface area contributed by atoms with E-state index in [9.17, 15) is 9.59 Å². The maximum Gasteiger partial charge on any atom is 0.407 e. The summed E-state index contributed by atoms with van der Waals surface area (Å²) < 4.78 is 10.8. The van der Waals surface area contributed by atoms with E-state index in [4.69, 9.17) is 14.6 Å². The molecule has 6 nitrogen and oxygen atoms in total. The Morgan fingerprint density at radius 1 is 1.00 bits per heavy atom. The second-order valence-corrected chi connectivity index (χ2v) is 8.09. The average Bonchev–Trinajstić information content (AvgIpc) is 3.16. The Labute approximate surface area is 198 Å². The number of fused-ring (bicyclic) bond motifs is 3. The predicted molar refractivity (Wildman–Crippen MR) is 131 cm³/mol. The summed E-state index contributed by atoms with van der Waals surface area (Å²) in [6, 6.07) is 21.9. The van der Waals surface area contributed by atoms with Crippen LogP contribution in [0.5, 0.6) is 5.75 Å². The fourth-order valence-corrected chi connectivity index (χ4v) is 4.33. The molecular formula is C28H27NO5. The summed E-state index contributed by atoms with van der Waals surface area (Å²) in [5, 5.41) is 11.8. The number of aliphatic carboxylic acids is 1. The predicted octanol–water partition coefficient (Wildman–Crippen LogP) is 5.26. The first kappa shape index (κ1) is 23.1. The van der Waals surface area contributed by atoms with Gasteiger partial charge in [-0.05, 0) is 46.4 Å². The van der Waals surface area contributed by atoms with E-state index in [1.807, 2.05) is 42.5 Å². The molecule has 0 heterocycles. The maximum absolute atomic E-state index is 12.2. The van der Waals surface area contributed by atoms with Crippen molar-refractivity contribution >= 4 is 18.1 Å². The minimum absolute atomic E-state index is 0.0353. The number of ether oxygens (including phenoxy) is 2. The van der Waals surface area contributed by atoms with Gasteiger partial charge in [-0.3, -0.25) is 4.79 Å². The van der Waals surface area contributed by atoms with Gasteiger partial charge in [0.15, 0.2) is 0 Å². The van der Waals surface area contributed by atoms with Crippen LogP contribution in [0, 0.1) is 0 Å². The summed E-state index contributed by atoms with van der Waals surface area (Å²) in [5.74, 6) is -0.323. The van der Waals surface area contributed by atoms with Gasteiger partial charge in [0, 0.05) is 18.0 Å². The zero-order valence-corrected chi connectivity index (χ0v) is 19.0. The normalized spacial score (nSPS) is 12.3. The number of nitrogens with one attached hydrogen (secondary N) is 1. The molecule has 1 amide bonds. The lowest BCUT2D eigenvalue weighted by atomic mass is 9.98. The SMILES string of the molecule is COc1ccc(C=CCCNC(=O)OCC2c3ccccc3-c3ccccc32)cc1CC(=O)O. The van der Waals surface area contributed by atoms with Crippen LogP contribution in [0.25, 0.3) is 17.2 Å². The molecule has 0 aromatic heterocycles.